The summed E-state index contributed by atoms with van der Waals surface area (Å²) in [6.45, 7) is 0.238. The van der Waals surface area contributed by atoms with Crippen LogP contribution in [0.4, 0.5) is 5.69 Å². The van der Waals surface area contributed by atoms with Gasteiger partial charge < -0.3 is 15.6 Å². The summed E-state index contributed by atoms with van der Waals surface area (Å²) in [5.41, 5.74) is 9.99. The van der Waals surface area contributed by atoms with Crippen molar-refractivity contribution in [1.29, 1.82) is 0 Å². The van der Waals surface area contributed by atoms with Crippen molar-refractivity contribution < 1.29 is 9.84 Å². The first-order valence-electron chi connectivity index (χ1n) is 7.50. The van der Waals surface area contributed by atoms with Crippen LogP contribution in [0.25, 0.3) is 0 Å². The van der Waals surface area contributed by atoms with E-state index in [1.54, 1.807) is 12.1 Å². The Bertz CT molecular complexity index is 624. The van der Waals surface area contributed by atoms with Crippen LogP contribution in [-0.4, -0.2) is 11.7 Å². The van der Waals surface area contributed by atoms with E-state index in [-0.39, 0.29) is 6.61 Å². The number of ether oxygens (including phenoxy) is 1. The number of anilines is 1. The van der Waals surface area contributed by atoms with E-state index in [0.717, 1.165) is 17.7 Å². The van der Waals surface area contributed by atoms with Crippen molar-refractivity contribution in [2.45, 2.75) is 31.8 Å². The van der Waals surface area contributed by atoms with E-state index < -0.39 is 6.10 Å². The molecule has 2 aromatic rings. The molecule has 0 spiro atoms. The lowest BCUT2D eigenvalue weighted by molar-refractivity contribution is 0.108. The largest absolute Gasteiger partial charge is 0.491 e. The second-order valence-corrected chi connectivity index (χ2v) is 5.63. The summed E-state index contributed by atoms with van der Waals surface area (Å²) in [5.74, 6) is 0.832. The molecule has 0 amide bonds. The smallest absolute Gasteiger partial charge is 0.119 e. The lowest BCUT2D eigenvalue weighted by atomic mass is 9.92. The third-order valence-electron chi connectivity index (χ3n) is 4.02. The maximum Gasteiger partial charge on any atom is 0.119 e. The van der Waals surface area contributed by atoms with Crippen LogP contribution in [0.3, 0.4) is 0 Å². The van der Waals surface area contributed by atoms with Crippen LogP contribution in [0.5, 0.6) is 5.75 Å². The van der Waals surface area contributed by atoms with Gasteiger partial charge in [0, 0.05) is 5.69 Å². The average Bonchev–Trinajstić information content (AvgIpc) is 2.52. The quantitative estimate of drug-likeness (QED) is 0.847. The summed E-state index contributed by atoms with van der Waals surface area (Å²) in [6, 6.07) is 13.5. The van der Waals surface area contributed by atoms with Crippen LogP contribution < -0.4 is 10.5 Å². The van der Waals surface area contributed by atoms with Crippen molar-refractivity contribution in [2.75, 3.05) is 12.3 Å². The molecule has 0 heterocycles. The van der Waals surface area contributed by atoms with Crippen LogP contribution in [-0.2, 0) is 12.8 Å². The predicted molar refractivity (Wildman–Crippen MR) is 84.4 cm³/mol. The summed E-state index contributed by atoms with van der Waals surface area (Å²) >= 11 is 0. The number of aliphatic hydroxyl groups is 1. The van der Waals surface area contributed by atoms with E-state index in [4.69, 9.17) is 10.5 Å². The molecule has 0 aliphatic heterocycles. The summed E-state index contributed by atoms with van der Waals surface area (Å²) < 4.78 is 5.74. The molecule has 21 heavy (non-hydrogen) atoms. The highest BCUT2D eigenvalue weighted by atomic mass is 16.5. The molecule has 1 aliphatic rings. The van der Waals surface area contributed by atoms with Gasteiger partial charge in [0.2, 0.25) is 0 Å². The molecule has 0 saturated carbocycles. The lowest BCUT2D eigenvalue weighted by Crippen LogP contribution is -2.10. The standard InChI is InChI=1S/C18H21NO2/c19-16-7-3-6-15(10-16)18(20)12-21-17-9-8-13-4-1-2-5-14(13)11-17/h3,6-11,18,20H,1-2,4-5,12,19H2. The molecule has 3 nitrogen and oxygen atoms in total. The Labute approximate surface area is 125 Å². The minimum Gasteiger partial charge on any atom is -0.491 e. The molecule has 3 heteroatoms. The normalized spacial score (nSPS) is 15.3. The summed E-state index contributed by atoms with van der Waals surface area (Å²) in [5, 5.41) is 10.2. The third kappa shape index (κ3) is 3.37. The molecule has 0 saturated heterocycles. The second kappa shape index (κ2) is 6.19. The fourth-order valence-electron chi connectivity index (χ4n) is 2.84. The van der Waals surface area contributed by atoms with Crippen LogP contribution in [0.15, 0.2) is 42.5 Å². The number of hydrogen-bond donors (Lipinski definition) is 2. The fraction of sp³-hybridized carbons (Fsp3) is 0.333. The zero-order valence-corrected chi connectivity index (χ0v) is 12.1. The molecule has 110 valence electrons. The molecule has 1 aliphatic carbocycles. The molecular formula is C18H21NO2. The Morgan fingerprint density at radius 1 is 1.05 bits per heavy atom. The maximum atomic E-state index is 10.2. The average molecular weight is 283 g/mol. The third-order valence-corrected chi connectivity index (χ3v) is 4.02. The predicted octanol–water partition coefficient (Wildman–Crippen LogP) is 3.26. The van der Waals surface area contributed by atoms with Gasteiger partial charge in [-0.2, -0.15) is 0 Å². The number of aryl methyl sites for hydroxylation is 2. The van der Waals surface area contributed by atoms with Crippen molar-refractivity contribution >= 4 is 5.69 Å². The number of aliphatic hydroxyl groups excluding tert-OH is 1. The molecule has 0 aromatic heterocycles. The molecule has 0 radical (unpaired) electrons. The van der Waals surface area contributed by atoms with Gasteiger partial charge in [-0.05, 0) is 66.6 Å². The fourth-order valence-corrected chi connectivity index (χ4v) is 2.84. The first kappa shape index (κ1) is 14.0. The Balaban J connectivity index is 1.64. The van der Waals surface area contributed by atoms with E-state index in [1.165, 1.54) is 30.4 Å². The second-order valence-electron chi connectivity index (χ2n) is 5.63. The highest BCUT2D eigenvalue weighted by Gasteiger charge is 2.12. The van der Waals surface area contributed by atoms with Crippen LogP contribution >= 0.6 is 0 Å². The SMILES string of the molecule is Nc1cccc(C(O)COc2ccc3c(c2)CCCC3)c1. The molecule has 1 atom stereocenters. The number of nitrogens with two attached hydrogens (primary N) is 1. The van der Waals surface area contributed by atoms with E-state index in [1.807, 2.05) is 18.2 Å². The van der Waals surface area contributed by atoms with Crippen LogP contribution in [0.2, 0.25) is 0 Å². The number of hydrogen-bond acceptors (Lipinski definition) is 3. The summed E-state index contributed by atoms with van der Waals surface area (Å²) in [7, 11) is 0. The van der Waals surface area contributed by atoms with Gasteiger partial charge >= 0.3 is 0 Å². The van der Waals surface area contributed by atoms with Crippen molar-refractivity contribution in [3.05, 3.63) is 59.2 Å². The zero-order chi connectivity index (χ0) is 14.7. The van der Waals surface area contributed by atoms with Gasteiger partial charge in [0.25, 0.3) is 0 Å². The Morgan fingerprint density at radius 2 is 1.86 bits per heavy atom. The van der Waals surface area contributed by atoms with Crippen molar-refractivity contribution in [2.24, 2.45) is 0 Å². The monoisotopic (exact) mass is 283 g/mol. The van der Waals surface area contributed by atoms with Crippen LogP contribution in [0, 0.1) is 0 Å². The maximum absolute atomic E-state index is 10.2. The molecule has 3 rings (SSSR count). The molecule has 1 unspecified atom stereocenters. The van der Waals surface area contributed by atoms with Crippen molar-refractivity contribution in [3.8, 4) is 5.75 Å². The highest BCUT2D eigenvalue weighted by molar-refractivity contribution is 5.41. The lowest BCUT2D eigenvalue weighted by Gasteiger charge is -2.18. The number of benzene rings is 2. The first-order chi connectivity index (χ1) is 10.2. The zero-order valence-electron chi connectivity index (χ0n) is 12.1. The highest BCUT2D eigenvalue weighted by Crippen LogP contribution is 2.26. The summed E-state index contributed by atoms with van der Waals surface area (Å²) in [6.07, 6.45) is 4.17. The Kier molecular flexibility index (Phi) is 4.11. The first-order valence-corrected chi connectivity index (χ1v) is 7.50. The molecule has 0 fully saturated rings. The van der Waals surface area contributed by atoms with E-state index in [9.17, 15) is 5.11 Å². The van der Waals surface area contributed by atoms with Gasteiger partial charge in [-0.25, -0.2) is 0 Å². The van der Waals surface area contributed by atoms with E-state index in [0.29, 0.717) is 5.69 Å². The van der Waals surface area contributed by atoms with Crippen molar-refractivity contribution in [3.63, 3.8) is 0 Å². The molecule has 3 N–H and O–H groups in total. The number of fused-ring (bicyclic) bond motifs is 1. The van der Waals surface area contributed by atoms with Gasteiger partial charge in [0.15, 0.2) is 0 Å². The molecular weight excluding hydrogens is 262 g/mol. The topological polar surface area (TPSA) is 55.5 Å². The Hall–Kier alpha value is -2.00. The van der Waals surface area contributed by atoms with Crippen LogP contribution in [0.1, 0.15) is 35.6 Å². The Morgan fingerprint density at radius 3 is 2.67 bits per heavy atom. The van der Waals surface area contributed by atoms with Gasteiger partial charge in [-0.3, -0.25) is 0 Å². The van der Waals surface area contributed by atoms with Gasteiger partial charge in [-0.1, -0.05) is 18.2 Å². The molecule has 2 aromatic carbocycles. The van der Waals surface area contributed by atoms with Crippen molar-refractivity contribution in [1.82, 2.24) is 0 Å². The van der Waals surface area contributed by atoms with Gasteiger partial charge in [0.05, 0.1) is 0 Å². The molecule has 0 bridgehead atoms. The number of rotatable bonds is 4. The summed E-state index contributed by atoms with van der Waals surface area (Å²) in [4.78, 5) is 0. The number of nitrogen functional groups attached to an aromatic ring is 1. The van der Waals surface area contributed by atoms with E-state index >= 15 is 0 Å². The van der Waals surface area contributed by atoms with E-state index in [2.05, 4.69) is 12.1 Å². The van der Waals surface area contributed by atoms with Gasteiger partial charge in [0.1, 0.15) is 18.5 Å². The minimum atomic E-state index is -0.662. The minimum absolute atomic E-state index is 0.238. The van der Waals surface area contributed by atoms with Gasteiger partial charge in [-0.15, -0.1) is 0 Å².